The largest absolute Gasteiger partial charge is 0.456 e. The molecular weight excluding hydrogens is 1100 g/mol. The van der Waals surface area contributed by atoms with E-state index < -0.39 is 5.41 Å². The molecule has 0 amide bonds. The van der Waals surface area contributed by atoms with Crippen molar-refractivity contribution in [1.29, 1.82) is 0 Å². The Bertz CT molecular complexity index is 5430. The Labute approximate surface area is 518 Å². The Hall–Kier alpha value is -12.0. The van der Waals surface area contributed by atoms with Crippen molar-refractivity contribution < 1.29 is 17.7 Å². The molecule has 0 radical (unpaired) electrons. The summed E-state index contributed by atoms with van der Waals surface area (Å²) in [4.78, 5) is 14.2. The van der Waals surface area contributed by atoms with Crippen LogP contribution in [0.3, 0.4) is 0 Å². The summed E-state index contributed by atoms with van der Waals surface area (Å²) in [6.45, 7) is 6.51. The SMILES string of the molecule is C=C(/C=C\C(=C/C)N(c1ccc2c(c1)C(c1ccccc1)(c1ccccc1)c1cc(-c3ccc(N(c4ccc(-c5nc6ccccc6o5)cc4)c4ccc5c(c4)oc4ccccc45)cc3)ccc1-2)c1ccc2c(c1)oc1ccccc12)c1nc2ccccc2o1. The van der Waals surface area contributed by atoms with Gasteiger partial charge in [0.15, 0.2) is 11.2 Å². The quantitative estimate of drug-likeness (QED) is 0.106. The summed E-state index contributed by atoms with van der Waals surface area (Å²) < 4.78 is 25.5. The minimum atomic E-state index is -0.739. The molecule has 0 saturated heterocycles. The van der Waals surface area contributed by atoms with E-state index in [9.17, 15) is 0 Å². The van der Waals surface area contributed by atoms with Crippen LogP contribution in [0.5, 0.6) is 0 Å². The minimum Gasteiger partial charge on any atom is -0.456 e. The molecular formula is C82H54N4O4. The van der Waals surface area contributed by atoms with Crippen molar-refractivity contribution in [2.24, 2.45) is 0 Å². The number of aromatic nitrogens is 2. The van der Waals surface area contributed by atoms with Gasteiger partial charge in [0.2, 0.25) is 11.8 Å². The van der Waals surface area contributed by atoms with Gasteiger partial charge in [-0.1, -0.05) is 164 Å². The van der Waals surface area contributed by atoms with Crippen molar-refractivity contribution >= 4 is 100 Å². The van der Waals surface area contributed by atoms with Crippen LogP contribution in [-0.4, -0.2) is 9.97 Å². The van der Waals surface area contributed by atoms with Gasteiger partial charge >= 0.3 is 0 Å². The highest BCUT2D eigenvalue weighted by Gasteiger charge is 2.47. The summed E-state index contributed by atoms with van der Waals surface area (Å²) in [5.41, 5.74) is 22.2. The van der Waals surface area contributed by atoms with Gasteiger partial charge in [0.05, 0.1) is 5.41 Å². The van der Waals surface area contributed by atoms with Gasteiger partial charge in [-0.25, -0.2) is 9.97 Å². The number of anilines is 5. The van der Waals surface area contributed by atoms with Crippen LogP contribution in [-0.2, 0) is 5.41 Å². The van der Waals surface area contributed by atoms with Crippen molar-refractivity contribution in [2.45, 2.75) is 12.3 Å². The van der Waals surface area contributed by atoms with Crippen LogP contribution in [0.2, 0.25) is 0 Å². The van der Waals surface area contributed by atoms with E-state index in [2.05, 4.69) is 242 Å². The second kappa shape index (κ2) is 21.2. The second-order valence-electron chi connectivity index (χ2n) is 22.8. The molecule has 0 N–H and O–H groups in total. The Morgan fingerprint density at radius 1 is 0.378 bits per heavy atom. The molecule has 90 heavy (non-hydrogen) atoms. The van der Waals surface area contributed by atoms with Crippen LogP contribution in [0.15, 0.2) is 327 Å². The number of para-hydroxylation sites is 6. The van der Waals surface area contributed by atoms with E-state index in [1.165, 1.54) is 16.7 Å². The fourth-order valence-corrected chi connectivity index (χ4v) is 13.5. The Kier molecular flexibility index (Phi) is 12.3. The number of hydrogen-bond acceptors (Lipinski definition) is 8. The number of oxazole rings is 2. The molecule has 0 fully saturated rings. The standard InChI is InChI=1S/C82H54N4O4/c1-3-58(36-30-52(2)80-83-72-24-12-16-28-76(72)89-80)85(62-42-46-68-66-22-10-14-26-74(66)87-78(68)50-62)61-41-45-65-64-44-35-55(48-70(64)82(71(65)49-61,56-18-6-4-7-19-56)57-20-8-5-9-21-57)53-31-37-59(38-32-53)86(63-43-47-69-67-23-11-15-27-75(67)88-79(69)51-63)60-39-33-54(34-40-60)81-84-73-25-13-17-29-77(73)90-81/h3-51H,2H2,1H3/b36-30-,58-3+. The molecule has 0 bridgehead atoms. The van der Waals surface area contributed by atoms with Crippen molar-refractivity contribution in [2.75, 3.05) is 9.80 Å². The van der Waals surface area contributed by atoms with Gasteiger partial charge in [-0.2, -0.15) is 0 Å². The first kappa shape index (κ1) is 52.3. The first-order valence-corrected chi connectivity index (χ1v) is 30.2. The van der Waals surface area contributed by atoms with Crippen molar-refractivity contribution in [3.63, 3.8) is 0 Å². The van der Waals surface area contributed by atoms with Crippen LogP contribution in [0.25, 0.3) is 105 Å². The van der Waals surface area contributed by atoms with Crippen LogP contribution in [0.1, 0.15) is 35.1 Å². The maximum atomic E-state index is 6.59. The predicted molar refractivity (Wildman–Crippen MR) is 366 cm³/mol. The molecule has 0 atom stereocenters. The van der Waals surface area contributed by atoms with E-state index in [1.807, 2.05) is 78.9 Å². The fourth-order valence-electron chi connectivity index (χ4n) is 13.5. The molecule has 0 unspecified atom stereocenters. The molecule has 1 aliphatic rings. The Morgan fingerprint density at radius 2 is 0.844 bits per heavy atom. The topological polar surface area (TPSA) is 84.8 Å². The lowest BCUT2D eigenvalue weighted by atomic mass is 9.67. The van der Waals surface area contributed by atoms with E-state index >= 15 is 0 Å². The van der Waals surface area contributed by atoms with Crippen LogP contribution >= 0.6 is 0 Å². The smallest absolute Gasteiger partial charge is 0.227 e. The monoisotopic (exact) mass is 1160 g/mol. The van der Waals surface area contributed by atoms with Gasteiger partial charge < -0.3 is 27.5 Å². The molecule has 8 heteroatoms. The molecule has 12 aromatic carbocycles. The molecule has 1 aliphatic carbocycles. The summed E-state index contributed by atoms with van der Waals surface area (Å²) in [6, 6.07) is 98.3. The van der Waals surface area contributed by atoms with E-state index in [1.54, 1.807) is 0 Å². The number of furan rings is 2. The average molecular weight is 1160 g/mol. The van der Waals surface area contributed by atoms with E-state index in [0.717, 1.165) is 128 Å². The first-order valence-electron chi connectivity index (χ1n) is 30.2. The summed E-state index contributed by atoms with van der Waals surface area (Å²) in [5.74, 6) is 1.05. The summed E-state index contributed by atoms with van der Waals surface area (Å²) in [7, 11) is 0. The minimum absolute atomic E-state index is 0.471. The van der Waals surface area contributed by atoms with E-state index in [0.29, 0.717) is 22.9 Å². The Balaban J connectivity index is 0.790. The van der Waals surface area contributed by atoms with Gasteiger partial charge in [-0.3, -0.25) is 0 Å². The van der Waals surface area contributed by atoms with Crippen molar-refractivity contribution in [1.82, 2.24) is 9.97 Å². The molecule has 17 rings (SSSR count). The van der Waals surface area contributed by atoms with Gasteiger partial charge in [0, 0.05) is 78.9 Å². The van der Waals surface area contributed by atoms with Gasteiger partial charge in [0.1, 0.15) is 33.4 Å². The van der Waals surface area contributed by atoms with Crippen LogP contribution in [0.4, 0.5) is 28.4 Å². The number of hydrogen-bond donors (Lipinski definition) is 0. The third kappa shape index (κ3) is 8.60. The number of allylic oxidation sites excluding steroid dienone is 4. The Morgan fingerprint density at radius 3 is 1.46 bits per heavy atom. The third-order valence-electron chi connectivity index (χ3n) is 17.7. The highest BCUT2D eigenvalue weighted by molar-refractivity contribution is 6.07. The zero-order chi connectivity index (χ0) is 59.9. The van der Waals surface area contributed by atoms with Crippen molar-refractivity contribution in [3.05, 3.63) is 338 Å². The third-order valence-corrected chi connectivity index (χ3v) is 17.7. The molecule has 0 saturated carbocycles. The molecule has 4 heterocycles. The van der Waals surface area contributed by atoms with Crippen molar-refractivity contribution in [3.8, 4) is 33.7 Å². The molecule has 16 aromatic rings. The number of nitrogens with zero attached hydrogens (tertiary/aromatic N) is 4. The average Bonchev–Trinajstić information content (AvgIpc) is 1.52. The maximum absolute atomic E-state index is 6.59. The molecule has 8 nitrogen and oxygen atoms in total. The first-order chi connectivity index (χ1) is 44.4. The molecule has 0 spiro atoms. The van der Waals surface area contributed by atoms with Crippen LogP contribution in [0, 0.1) is 0 Å². The lowest BCUT2D eigenvalue weighted by Gasteiger charge is -2.35. The summed E-state index contributed by atoms with van der Waals surface area (Å²) >= 11 is 0. The van der Waals surface area contributed by atoms with Gasteiger partial charge in [-0.15, -0.1) is 0 Å². The highest BCUT2D eigenvalue weighted by atomic mass is 16.4. The number of fused-ring (bicyclic) bond motifs is 11. The summed E-state index contributed by atoms with van der Waals surface area (Å²) in [5, 5.41) is 4.29. The maximum Gasteiger partial charge on any atom is 0.227 e. The lowest BCUT2D eigenvalue weighted by molar-refractivity contribution is 0.586. The molecule has 0 aliphatic heterocycles. The molecule has 4 aromatic heterocycles. The molecule has 426 valence electrons. The predicted octanol–water partition coefficient (Wildman–Crippen LogP) is 22.2. The fraction of sp³-hybridized carbons (Fsp3) is 0.0244. The summed E-state index contributed by atoms with van der Waals surface area (Å²) in [6.07, 6.45) is 6.22. The number of rotatable bonds is 13. The lowest BCUT2D eigenvalue weighted by Crippen LogP contribution is -2.29. The van der Waals surface area contributed by atoms with E-state index in [-0.39, 0.29) is 0 Å². The zero-order valence-electron chi connectivity index (χ0n) is 48.9. The normalized spacial score (nSPS) is 12.9. The van der Waals surface area contributed by atoms with Crippen LogP contribution < -0.4 is 9.80 Å². The van der Waals surface area contributed by atoms with Gasteiger partial charge in [0.25, 0.3) is 0 Å². The van der Waals surface area contributed by atoms with E-state index in [4.69, 9.17) is 27.6 Å². The second-order valence-corrected chi connectivity index (χ2v) is 22.8. The number of benzene rings is 12. The zero-order valence-corrected chi connectivity index (χ0v) is 48.9. The highest BCUT2D eigenvalue weighted by Crippen LogP contribution is 2.58. The van der Waals surface area contributed by atoms with Gasteiger partial charge in [-0.05, 0) is 179 Å².